The molecule has 19 heavy (non-hydrogen) atoms. The number of rotatable bonds is 4. The van der Waals surface area contributed by atoms with Crippen LogP contribution in [0.25, 0.3) is 5.69 Å². The average molecular weight is 254 g/mol. The molecule has 2 rings (SSSR count). The minimum Gasteiger partial charge on any atom is -0.330 e. The van der Waals surface area contributed by atoms with E-state index in [0.717, 1.165) is 11.4 Å². The largest absolute Gasteiger partial charge is 0.330 e. The number of imidazole rings is 1. The summed E-state index contributed by atoms with van der Waals surface area (Å²) < 4.78 is 1.97. The van der Waals surface area contributed by atoms with Crippen LogP contribution < -0.4 is 5.73 Å². The van der Waals surface area contributed by atoms with Gasteiger partial charge in [-0.3, -0.25) is 0 Å². The maximum atomic E-state index is 9.20. The van der Waals surface area contributed by atoms with E-state index in [0.29, 0.717) is 18.0 Å². The molecule has 0 saturated heterocycles. The van der Waals surface area contributed by atoms with Gasteiger partial charge in [-0.1, -0.05) is 26.0 Å². The van der Waals surface area contributed by atoms with Crippen LogP contribution in [0.5, 0.6) is 0 Å². The highest BCUT2D eigenvalue weighted by molar-refractivity contribution is 5.49. The maximum absolute atomic E-state index is 9.20. The number of hydrogen-bond donors (Lipinski definition) is 1. The van der Waals surface area contributed by atoms with Gasteiger partial charge >= 0.3 is 0 Å². The predicted octanol–water partition coefficient (Wildman–Crippen LogP) is 2.44. The molecule has 1 atom stereocenters. The highest BCUT2D eigenvalue weighted by Crippen LogP contribution is 2.26. The Morgan fingerprint density at radius 3 is 2.74 bits per heavy atom. The van der Waals surface area contributed by atoms with Gasteiger partial charge in [-0.05, 0) is 18.1 Å². The zero-order valence-electron chi connectivity index (χ0n) is 11.2. The molecule has 0 amide bonds. The van der Waals surface area contributed by atoms with Gasteiger partial charge < -0.3 is 10.3 Å². The van der Waals surface area contributed by atoms with Crippen LogP contribution in [-0.4, -0.2) is 16.1 Å². The lowest BCUT2D eigenvalue weighted by Crippen LogP contribution is -2.20. The summed E-state index contributed by atoms with van der Waals surface area (Å²) in [5, 5.41) is 9.20. The topological polar surface area (TPSA) is 67.6 Å². The molecule has 0 fully saturated rings. The molecule has 2 N–H and O–H groups in total. The third-order valence-corrected chi connectivity index (χ3v) is 3.39. The van der Waals surface area contributed by atoms with E-state index in [2.05, 4.69) is 24.9 Å². The number of hydrogen-bond acceptors (Lipinski definition) is 3. The fourth-order valence-corrected chi connectivity index (χ4v) is 2.29. The fourth-order valence-electron chi connectivity index (χ4n) is 2.29. The first kappa shape index (κ1) is 13.3. The summed E-state index contributed by atoms with van der Waals surface area (Å²) in [6.07, 6.45) is 3.59. The van der Waals surface area contributed by atoms with E-state index in [-0.39, 0.29) is 5.92 Å². The molecule has 0 saturated carbocycles. The summed E-state index contributed by atoms with van der Waals surface area (Å²) in [6, 6.07) is 9.74. The van der Waals surface area contributed by atoms with Crippen LogP contribution in [0.4, 0.5) is 0 Å². The van der Waals surface area contributed by atoms with E-state index in [1.54, 1.807) is 6.33 Å². The Hall–Kier alpha value is -2.12. The third-order valence-electron chi connectivity index (χ3n) is 3.39. The molecule has 1 heterocycles. The number of benzene rings is 1. The van der Waals surface area contributed by atoms with Gasteiger partial charge in [0.25, 0.3) is 0 Å². The van der Waals surface area contributed by atoms with Crippen LogP contribution >= 0.6 is 0 Å². The van der Waals surface area contributed by atoms with Crippen molar-refractivity contribution in [3.63, 3.8) is 0 Å². The van der Waals surface area contributed by atoms with Gasteiger partial charge in [0, 0.05) is 24.4 Å². The zero-order valence-corrected chi connectivity index (χ0v) is 11.2. The summed E-state index contributed by atoms with van der Waals surface area (Å²) in [4.78, 5) is 4.22. The summed E-state index contributed by atoms with van der Waals surface area (Å²) in [5.74, 6) is 0.656. The van der Waals surface area contributed by atoms with Crippen molar-refractivity contribution in [3.05, 3.63) is 48.0 Å². The minimum absolute atomic E-state index is 0.231. The second-order valence-corrected chi connectivity index (χ2v) is 4.90. The summed E-state index contributed by atoms with van der Waals surface area (Å²) in [5.41, 5.74) is 8.43. The number of nitrogens with zero attached hydrogens (tertiary/aromatic N) is 3. The SMILES string of the molecule is CC(C)C(CN)c1cncn1-c1ccccc1C#N. The number of nitrogens with two attached hydrogens (primary N) is 1. The number of nitriles is 1. The van der Waals surface area contributed by atoms with Crippen molar-refractivity contribution in [2.45, 2.75) is 19.8 Å². The van der Waals surface area contributed by atoms with E-state index >= 15 is 0 Å². The molecular weight excluding hydrogens is 236 g/mol. The van der Waals surface area contributed by atoms with Crippen LogP contribution in [0.15, 0.2) is 36.8 Å². The Bertz CT molecular complexity index is 592. The molecule has 0 bridgehead atoms. The first-order chi connectivity index (χ1) is 9.19. The van der Waals surface area contributed by atoms with E-state index in [1.807, 2.05) is 35.0 Å². The lowest BCUT2D eigenvalue weighted by molar-refractivity contribution is 0.490. The summed E-state index contributed by atoms with van der Waals surface area (Å²) in [6.45, 7) is 4.86. The molecule has 0 spiro atoms. The number of aromatic nitrogens is 2. The Balaban J connectivity index is 2.53. The molecule has 98 valence electrons. The Morgan fingerprint density at radius 2 is 2.11 bits per heavy atom. The van der Waals surface area contributed by atoms with Crippen molar-refractivity contribution in [1.29, 1.82) is 5.26 Å². The molecule has 0 aliphatic heterocycles. The summed E-state index contributed by atoms with van der Waals surface area (Å²) >= 11 is 0. The van der Waals surface area contributed by atoms with Gasteiger partial charge in [0.15, 0.2) is 0 Å². The van der Waals surface area contributed by atoms with Crippen molar-refractivity contribution < 1.29 is 0 Å². The van der Waals surface area contributed by atoms with Crippen LogP contribution in [0.2, 0.25) is 0 Å². The first-order valence-electron chi connectivity index (χ1n) is 6.40. The predicted molar refractivity (Wildman–Crippen MR) is 74.9 cm³/mol. The number of para-hydroxylation sites is 1. The normalized spacial score (nSPS) is 12.4. The molecular formula is C15H18N4. The van der Waals surface area contributed by atoms with Gasteiger partial charge in [0.2, 0.25) is 0 Å². The second-order valence-electron chi connectivity index (χ2n) is 4.90. The molecule has 4 nitrogen and oxygen atoms in total. The van der Waals surface area contributed by atoms with Gasteiger partial charge in [-0.15, -0.1) is 0 Å². The standard InChI is InChI=1S/C15H18N4/c1-11(2)13(8-17)15-9-18-10-19(15)14-6-4-3-5-12(14)7-16/h3-6,9-11,13H,8,17H2,1-2H3. The lowest BCUT2D eigenvalue weighted by atomic mass is 9.92. The van der Waals surface area contributed by atoms with E-state index in [9.17, 15) is 5.26 Å². The average Bonchev–Trinajstić information content (AvgIpc) is 2.88. The highest BCUT2D eigenvalue weighted by Gasteiger charge is 2.19. The minimum atomic E-state index is 0.231. The van der Waals surface area contributed by atoms with Gasteiger partial charge in [-0.25, -0.2) is 4.98 Å². The van der Waals surface area contributed by atoms with Crippen molar-refractivity contribution in [1.82, 2.24) is 9.55 Å². The van der Waals surface area contributed by atoms with Gasteiger partial charge in [0.1, 0.15) is 6.07 Å². The molecule has 4 heteroatoms. The molecule has 2 aromatic rings. The van der Waals surface area contributed by atoms with Crippen molar-refractivity contribution in [2.75, 3.05) is 6.54 Å². The Labute approximate surface area is 113 Å². The smallest absolute Gasteiger partial charge is 0.101 e. The van der Waals surface area contributed by atoms with Gasteiger partial charge in [-0.2, -0.15) is 5.26 Å². The van der Waals surface area contributed by atoms with Crippen LogP contribution in [-0.2, 0) is 0 Å². The van der Waals surface area contributed by atoms with E-state index in [4.69, 9.17) is 5.73 Å². The van der Waals surface area contributed by atoms with Gasteiger partial charge in [0.05, 0.1) is 17.6 Å². The molecule has 1 aromatic heterocycles. The lowest BCUT2D eigenvalue weighted by Gasteiger charge is -2.21. The fraction of sp³-hybridized carbons (Fsp3) is 0.333. The van der Waals surface area contributed by atoms with Crippen LogP contribution in [0.3, 0.4) is 0 Å². The molecule has 1 aromatic carbocycles. The van der Waals surface area contributed by atoms with Crippen molar-refractivity contribution in [3.8, 4) is 11.8 Å². The first-order valence-corrected chi connectivity index (χ1v) is 6.40. The third kappa shape index (κ3) is 2.51. The van der Waals surface area contributed by atoms with Crippen LogP contribution in [0, 0.1) is 17.2 Å². The maximum Gasteiger partial charge on any atom is 0.101 e. The quantitative estimate of drug-likeness (QED) is 0.911. The monoisotopic (exact) mass is 254 g/mol. The Kier molecular flexibility index (Phi) is 3.98. The Morgan fingerprint density at radius 1 is 1.37 bits per heavy atom. The summed E-state index contributed by atoms with van der Waals surface area (Å²) in [7, 11) is 0. The second kappa shape index (κ2) is 5.68. The van der Waals surface area contributed by atoms with Crippen LogP contribution in [0.1, 0.15) is 31.0 Å². The van der Waals surface area contributed by atoms with Crippen molar-refractivity contribution in [2.24, 2.45) is 11.7 Å². The van der Waals surface area contributed by atoms with E-state index < -0.39 is 0 Å². The molecule has 1 unspecified atom stereocenters. The van der Waals surface area contributed by atoms with Crippen molar-refractivity contribution >= 4 is 0 Å². The zero-order chi connectivity index (χ0) is 13.8. The van der Waals surface area contributed by atoms with E-state index in [1.165, 1.54) is 0 Å². The molecule has 0 radical (unpaired) electrons. The molecule has 0 aliphatic rings. The highest BCUT2D eigenvalue weighted by atomic mass is 15.1. The molecule has 0 aliphatic carbocycles.